The van der Waals surface area contributed by atoms with Crippen LogP contribution >= 0.6 is 0 Å². The number of hydrogen-bond acceptors (Lipinski definition) is 4. The molecule has 0 spiro atoms. The van der Waals surface area contributed by atoms with Crippen molar-refractivity contribution < 1.29 is 9.18 Å². The molecule has 1 amide bonds. The minimum Gasteiger partial charge on any atom is -0.305 e. The maximum absolute atomic E-state index is 13.4. The van der Waals surface area contributed by atoms with E-state index in [1.165, 1.54) is 16.8 Å². The second kappa shape index (κ2) is 7.79. The van der Waals surface area contributed by atoms with Crippen molar-refractivity contribution in [3.05, 3.63) is 102 Å². The van der Waals surface area contributed by atoms with Crippen LogP contribution in [0.3, 0.4) is 0 Å². The SMILES string of the molecule is O=C(Nc1ccnc(Cc2ccccc2)n1)c1ccn(-c2cccc(F)c2)n1. The molecule has 2 heterocycles. The highest BCUT2D eigenvalue weighted by molar-refractivity contribution is 6.02. The number of carbonyl (C=O) groups is 1. The normalized spacial score (nSPS) is 10.6. The zero-order valence-corrected chi connectivity index (χ0v) is 14.8. The van der Waals surface area contributed by atoms with Crippen LogP contribution in [-0.4, -0.2) is 25.7 Å². The lowest BCUT2D eigenvalue weighted by Crippen LogP contribution is -2.15. The Kier molecular flexibility index (Phi) is 4.88. The first-order chi connectivity index (χ1) is 13.7. The van der Waals surface area contributed by atoms with Gasteiger partial charge in [-0.15, -0.1) is 0 Å². The Bertz CT molecular complexity index is 1110. The molecule has 0 aliphatic carbocycles. The molecule has 0 saturated carbocycles. The molecule has 1 N–H and O–H groups in total. The van der Waals surface area contributed by atoms with E-state index >= 15 is 0 Å². The molecule has 0 fully saturated rings. The van der Waals surface area contributed by atoms with Gasteiger partial charge in [0.15, 0.2) is 5.69 Å². The van der Waals surface area contributed by atoms with Gasteiger partial charge in [0.2, 0.25) is 0 Å². The molecule has 2 aromatic heterocycles. The van der Waals surface area contributed by atoms with Crippen molar-refractivity contribution in [1.29, 1.82) is 0 Å². The maximum Gasteiger partial charge on any atom is 0.277 e. The third kappa shape index (κ3) is 4.09. The molecular weight excluding hydrogens is 357 g/mol. The molecule has 0 bridgehead atoms. The second-order valence-electron chi connectivity index (χ2n) is 6.10. The molecule has 0 saturated heterocycles. The van der Waals surface area contributed by atoms with Gasteiger partial charge in [-0.1, -0.05) is 36.4 Å². The van der Waals surface area contributed by atoms with E-state index in [9.17, 15) is 9.18 Å². The quantitative estimate of drug-likeness (QED) is 0.580. The zero-order valence-electron chi connectivity index (χ0n) is 14.8. The third-order valence-corrected chi connectivity index (χ3v) is 4.05. The molecule has 7 heteroatoms. The van der Waals surface area contributed by atoms with Crippen LogP contribution in [-0.2, 0) is 6.42 Å². The topological polar surface area (TPSA) is 72.7 Å². The molecule has 138 valence electrons. The van der Waals surface area contributed by atoms with E-state index in [-0.39, 0.29) is 11.5 Å². The number of nitrogens with zero attached hydrogens (tertiary/aromatic N) is 4. The van der Waals surface area contributed by atoms with E-state index in [1.807, 2.05) is 30.3 Å². The number of anilines is 1. The summed E-state index contributed by atoms with van der Waals surface area (Å²) in [6.07, 6.45) is 3.77. The van der Waals surface area contributed by atoms with Crippen molar-refractivity contribution in [3.63, 3.8) is 0 Å². The number of benzene rings is 2. The highest BCUT2D eigenvalue weighted by Crippen LogP contribution is 2.12. The average Bonchev–Trinajstić information content (AvgIpc) is 3.20. The van der Waals surface area contributed by atoms with E-state index in [1.54, 1.807) is 36.7 Å². The molecule has 0 unspecified atom stereocenters. The molecule has 0 aliphatic heterocycles. The van der Waals surface area contributed by atoms with Crippen LogP contribution in [0.15, 0.2) is 79.1 Å². The largest absolute Gasteiger partial charge is 0.305 e. The lowest BCUT2D eigenvalue weighted by Gasteiger charge is -2.05. The summed E-state index contributed by atoms with van der Waals surface area (Å²) < 4.78 is 14.8. The van der Waals surface area contributed by atoms with Crippen LogP contribution in [0.4, 0.5) is 10.2 Å². The molecule has 4 rings (SSSR count). The van der Waals surface area contributed by atoms with Gasteiger partial charge < -0.3 is 5.32 Å². The number of carbonyl (C=O) groups excluding carboxylic acids is 1. The lowest BCUT2D eigenvalue weighted by atomic mass is 10.1. The van der Waals surface area contributed by atoms with E-state index < -0.39 is 5.91 Å². The molecule has 2 aromatic carbocycles. The van der Waals surface area contributed by atoms with Crippen molar-refractivity contribution in [1.82, 2.24) is 19.7 Å². The van der Waals surface area contributed by atoms with Crippen LogP contribution in [0, 0.1) is 5.82 Å². The number of rotatable bonds is 5. The van der Waals surface area contributed by atoms with Crippen LogP contribution in [0.25, 0.3) is 5.69 Å². The highest BCUT2D eigenvalue weighted by atomic mass is 19.1. The number of amides is 1. The van der Waals surface area contributed by atoms with Crippen LogP contribution < -0.4 is 5.32 Å². The molecule has 28 heavy (non-hydrogen) atoms. The molecule has 6 nitrogen and oxygen atoms in total. The monoisotopic (exact) mass is 373 g/mol. The molecular formula is C21H16FN5O. The first kappa shape index (κ1) is 17.5. The summed E-state index contributed by atoms with van der Waals surface area (Å²) in [4.78, 5) is 21.1. The van der Waals surface area contributed by atoms with Crippen molar-refractivity contribution in [2.75, 3.05) is 5.32 Å². The maximum atomic E-state index is 13.4. The summed E-state index contributed by atoms with van der Waals surface area (Å²) >= 11 is 0. The summed E-state index contributed by atoms with van der Waals surface area (Å²) in [5.41, 5.74) is 1.82. The zero-order chi connectivity index (χ0) is 19.3. The van der Waals surface area contributed by atoms with Gasteiger partial charge in [0.1, 0.15) is 17.5 Å². The first-order valence-electron chi connectivity index (χ1n) is 8.66. The number of aromatic nitrogens is 4. The van der Waals surface area contributed by atoms with Gasteiger partial charge in [-0.2, -0.15) is 5.10 Å². The van der Waals surface area contributed by atoms with Crippen molar-refractivity contribution in [2.24, 2.45) is 0 Å². The first-order valence-corrected chi connectivity index (χ1v) is 8.66. The van der Waals surface area contributed by atoms with Crippen LogP contribution in [0.1, 0.15) is 21.9 Å². The Morgan fingerprint density at radius 2 is 1.89 bits per heavy atom. The summed E-state index contributed by atoms with van der Waals surface area (Å²) in [5.74, 6) is 0.228. The van der Waals surface area contributed by atoms with Crippen molar-refractivity contribution in [2.45, 2.75) is 6.42 Å². The fourth-order valence-electron chi connectivity index (χ4n) is 2.72. The highest BCUT2D eigenvalue weighted by Gasteiger charge is 2.12. The Balaban J connectivity index is 1.47. The van der Waals surface area contributed by atoms with E-state index in [0.29, 0.717) is 23.8 Å². The predicted octanol–water partition coefficient (Wildman–Crippen LogP) is 3.64. The van der Waals surface area contributed by atoms with Gasteiger partial charge in [-0.05, 0) is 35.9 Å². The third-order valence-electron chi connectivity index (χ3n) is 4.05. The van der Waals surface area contributed by atoms with Crippen molar-refractivity contribution in [3.8, 4) is 5.69 Å². The second-order valence-corrected chi connectivity index (χ2v) is 6.10. The number of hydrogen-bond donors (Lipinski definition) is 1. The smallest absolute Gasteiger partial charge is 0.277 e. The minimum absolute atomic E-state index is 0.201. The summed E-state index contributed by atoms with van der Waals surface area (Å²) in [6, 6.07) is 19.0. The Morgan fingerprint density at radius 1 is 1.04 bits per heavy atom. The van der Waals surface area contributed by atoms with Crippen LogP contribution in [0.5, 0.6) is 0 Å². The van der Waals surface area contributed by atoms with Gasteiger partial charge in [-0.3, -0.25) is 4.79 Å². The van der Waals surface area contributed by atoms with Gasteiger partial charge in [-0.25, -0.2) is 19.0 Å². The average molecular weight is 373 g/mol. The molecule has 0 radical (unpaired) electrons. The van der Waals surface area contributed by atoms with Gasteiger partial charge >= 0.3 is 0 Å². The number of halogens is 1. The summed E-state index contributed by atoms with van der Waals surface area (Å²) in [5, 5.41) is 6.92. The van der Waals surface area contributed by atoms with Crippen LogP contribution in [0.2, 0.25) is 0 Å². The summed E-state index contributed by atoms with van der Waals surface area (Å²) in [6.45, 7) is 0. The van der Waals surface area contributed by atoms with E-state index in [2.05, 4.69) is 20.4 Å². The van der Waals surface area contributed by atoms with E-state index in [0.717, 1.165) is 5.56 Å². The fourth-order valence-corrected chi connectivity index (χ4v) is 2.72. The van der Waals surface area contributed by atoms with E-state index in [4.69, 9.17) is 0 Å². The van der Waals surface area contributed by atoms with Gasteiger partial charge in [0, 0.05) is 18.8 Å². The Morgan fingerprint density at radius 3 is 2.71 bits per heavy atom. The minimum atomic E-state index is -0.403. The van der Waals surface area contributed by atoms with Gasteiger partial charge in [0.25, 0.3) is 5.91 Å². The fraction of sp³-hybridized carbons (Fsp3) is 0.0476. The van der Waals surface area contributed by atoms with Crippen molar-refractivity contribution >= 4 is 11.7 Å². The standard InChI is InChI=1S/C21H16FN5O/c22-16-7-4-8-17(14-16)27-12-10-18(26-27)21(28)25-19-9-11-23-20(24-19)13-15-5-2-1-3-6-15/h1-12,14H,13H2,(H,23,24,25,28). The number of nitrogens with one attached hydrogen (secondary N) is 1. The predicted molar refractivity (Wildman–Crippen MR) is 103 cm³/mol. The Hall–Kier alpha value is -3.87. The lowest BCUT2D eigenvalue weighted by molar-refractivity contribution is 0.102. The summed E-state index contributed by atoms with van der Waals surface area (Å²) in [7, 11) is 0. The molecule has 4 aromatic rings. The van der Waals surface area contributed by atoms with Gasteiger partial charge in [0.05, 0.1) is 5.69 Å². The Labute approximate surface area is 160 Å². The molecule has 0 aliphatic rings. The molecule has 0 atom stereocenters.